The standard InChI is InChI=1S/C19H19N/c20-19(14-13-15-7-2-1-3-8-15)18-12-6-10-16-9-4-5-11-17(16)18/h1-12,19H,13-14,20H2. The summed E-state index contributed by atoms with van der Waals surface area (Å²) in [5.74, 6) is 0. The van der Waals surface area contributed by atoms with Crippen molar-refractivity contribution in [1.82, 2.24) is 0 Å². The summed E-state index contributed by atoms with van der Waals surface area (Å²) in [6.45, 7) is 0. The summed E-state index contributed by atoms with van der Waals surface area (Å²) < 4.78 is 0. The van der Waals surface area contributed by atoms with Crippen LogP contribution in [-0.2, 0) is 6.42 Å². The molecule has 2 N–H and O–H groups in total. The lowest BCUT2D eigenvalue weighted by Gasteiger charge is -2.14. The maximum Gasteiger partial charge on any atom is 0.0304 e. The van der Waals surface area contributed by atoms with Crippen LogP contribution in [0.5, 0.6) is 0 Å². The van der Waals surface area contributed by atoms with E-state index in [0.717, 1.165) is 12.8 Å². The fourth-order valence-corrected chi connectivity index (χ4v) is 2.70. The first-order valence-corrected chi connectivity index (χ1v) is 7.12. The zero-order chi connectivity index (χ0) is 13.8. The van der Waals surface area contributed by atoms with E-state index in [9.17, 15) is 0 Å². The van der Waals surface area contributed by atoms with Gasteiger partial charge in [-0.05, 0) is 34.7 Å². The number of aryl methyl sites for hydroxylation is 1. The molecule has 0 amide bonds. The maximum atomic E-state index is 6.41. The molecule has 0 aliphatic heterocycles. The molecule has 0 heterocycles. The highest BCUT2D eigenvalue weighted by atomic mass is 14.6. The second-order valence-electron chi connectivity index (χ2n) is 5.20. The molecule has 0 aliphatic carbocycles. The summed E-state index contributed by atoms with van der Waals surface area (Å²) in [4.78, 5) is 0. The van der Waals surface area contributed by atoms with Crippen LogP contribution in [0.4, 0.5) is 0 Å². The van der Waals surface area contributed by atoms with Crippen LogP contribution in [0, 0.1) is 0 Å². The lowest BCUT2D eigenvalue weighted by atomic mass is 9.95. The van der Waals surface area contributed by atoms with Gasteiger partial charge in [0.1, 0.15) is 0 Å². The summed E-state index contributed by atoms with van der Waals surface area (Å²) >= 11 is 0. The van der Waals surface area contributed by atoms with Gasteiger partial charge in [0.25, 0.3) is 0 Å². The van der Waals surface area contributed by atoms with E-state index in [1.165, 1.54) is 21.9 Å². The van der Waals surface area contributed by atoms with E-state index in [4.69, 9.17) is 5.73 Å². The number of hydrogen-bond acceptors (Lipinski definition) is 1. The Balaban J connectivity index is 1.80. The molecule has 0 aromatic heterocycles. The van der Waals surface area contributed by atoms with Crippen LogP contribution in [0.25, 0.3) is 10.8 Å². The summed E-state index contributed by atoms with van der Waals surface area (Å²) in [5.41, 5.74) is 9.01. The molecule has 1 atom stereocenters. The van der Waals surface area contributed by atoms with Crippen LogP contribution in [0.1, 0.15) is 23.6 Å². The third-order valence-electron chi connectivity index (χ3n) is 3.81. The average Bonchev–Trinajstić information content (AvgIpc) is 2.53. The predicted octanol–water partition coefficient (Wildman–Crippen LogP) is 4.47. The van der Waals surface area contributed by atoms with Gasteiger partial charge in [-0.1, -0.05) is 72.8 Å². The quantitative estimate of drug-likeness (QED) is 0.736. The molecule has 3 aromatic rings. The van der Waals surface area contributed by atoms with Crippen molar-refractivity contribution in [1.29, 1.82) is 0 Å². The third-order valence-corrected chi connectivity index (χ3v) is 3.81. The largest absolute Gasteiger partial charge is 0.324 e. The Morgan fingerprint density at radius 1 is 0.750 bits per heavy atom. The van der Waals surface area contributed by atoms with Crippen molar-refractivity contribution >= 4 is 10.8 Å². The fourth-order valence-electron chi connectivity index (χ4n) is 2.70. The van der Waals surface area contributed by atoms with E-state index >= 15 is 0 Å². The van der Waals surface area contributed by atoms with Crippen molar-refractivity contribution in [2.45, 2.75) is 18.9 Å². The minimum Gasteiger partial charge on any atom is -0.324 e. The van der Waals surface area contributed by atoms with Crippen molar-refractivity contribution in [2.24, 2.45) is 5.73 Å². The molecule has 3 aromatic carbocycles. The van der Waals surface area contributed by atoms with Crippen LogP contribution in [0.3, 0.4) is 0 Å². The molecule has 20 heavy (non-hydrogen) atoms. The Bertz CT molecular complexity index is 683. The lowest BCUT2D eigenvalue weighted by molar-refractivity contribution is 0.656. The van der Waals surface area contributed by atoms with Crippen molar-refractivity contribution in [2.75, 3.05) is 0 Å². The van der Waals surface area contributed by atoms with Crippen molar-refractivity contribution < 1.29 is 0 Å². The molecule has 0 saturated heterocycles. The van der Waals surface area contributed by atoms with E-state index in [0.29, 0.717) is 0 Å². The Morgan fingerprint density at radius 3 is 2.30 bits per heavy atom. The summed E-state index contributed by atoms with van der Waals surface area (Å²) in [5, 5.41) is 2.54. The van der Waals surface area contributed by atoms with E-state index in [1.54, 1.807) is 0 Å². The number of benzene rings is 3. The first-order chi connectivity index (χ1) is 9.84. The molecular formula is C19H19N. The van der Waals surface area contributed by atoms with Crippen molar-refractivity contribution in [3.63, 3.8) is 0 Å². The highest BCUT2D eigenvalue weighted by Gasteiger charge is 2.09. The molecule has 0 radical (unpaired) electrons. The smallest absolute Gasteiger partial charge is 0.0304 e. The molecule has 1 heteroatoms. The Morgan fingerprint density at radius 2 is 1.45 bits per heavy atom. The van der Waals surface area contributed by atoms with E-state index in [2.05, 4.69) is 66.7 Å². The molecular weight excluding hydrogens is 242 g/mol. The van der Waals surface area contributed by atoms with Gasteiger partial charge >= 0.3 is 0 Å². The molecule has 1 nitrogen and oxygen atoms in total. The lowest BCUT2D eigenvalue weighted by Crippen LogP contribution is -2.11. The number of hydrogen-bond donors (Lipinski definition) is 1. The van der Waals surface area contributed by atoms with Gasteiger partial charge in [-0.25, -0.2) is 0 Å². The Labute approximate surface area is 120 Å². The number of fused-ring (bicyclic) bond motifs is 1. The number of nitrogens with two attached hydrogens (primary N) is 1. The maximum absolute atomic E-state index is 6.41. The second-order valence-corrected chi connectivity index (χ2v) is 5.20. The van der Waals surface area contributed by atoms with E-state index in [1.807, 2.05) is 6.07 Å². The minimum absolute atomic E-state index is 0.0845. The molecule has 3 rings (SSSR count). The van der Waals surface area contributed by atoms with E-state index < -0.39 is 0 Å². The average molecular weight is 261 g/mol. The van der Waals surface area contributed by atoms with Crippen LogP contribution >= 0.6 is 0 Å². The van der Waals surface area contributed by atoms with Crippen LogP contribution in [0.2, 0.25) is 0 Å². The van der Waals surface area contributed by atoms with Gasteiger partial charge in [-0.15, -0.1) is 0 Å². The van der Waals surface area contributed by atoms with Gasteiger partial charge in [-0.3, -0.25) is 0 Å². The molecule has 0 spiro atoms. The van der Waals surface area contributed by atoms with Gasteiger partial charge in [0.2, 0.25) is 0 Å². The Hall–Kier alpha value is -2.12. The highest BCUT2D eigenvalue weighted by Crippen LogP contribution is 2.25. The van der Waals surface area contributed by atoms with Gasteiger partial charge in [-0.2, -0.15) is 0 Å². The minimum atomic E-state index is 0.0845. The zero-order valence-electron chi connectivity index (χ0n) is 11.5. The molecule has 100 valence electrons. The van der Waals surface area contributed by atoms with Crippen LogP contribution < -0.4 is 5.73 Å². The summed E-state index contributed by atoms with van der Waals surface area (Å²) in [6.07, 6.45) is 1.99. The Kier molecular flexibility index (Phi) is 3.80. The highest BCUT2D eigenvalue weighted by molar-refractivity contribution is 5.86. The third kappa shape index (κ3) is 2.73. The van der Waals surface area contributed by atoms with Gasteiger partial charge in [0.15, 0.2) is 0 Å². The van der Waals surface area contributed by atoms with E-state index in [-0.39, 0.29) is 6.04 Å². The second kappa shape index (κ2) is 5.89. The predicted molar refractivity (Wildman–Crippen MR) is 85.6 cm³/mol. The normalized spacial score (nSPS) is 12.4. The van der Waals surface area contributed by atoms with Crippen molar-refractivity contribution in [3.05, 3.63) is 83.9 Å². The monoisotopic (exact) mass is 261 g/mol. The van der Waals surface area contributed by atoms with Crippen LogP contribution in [-0.4, -0.2) is 0 Å². The van der Waals surface area contributed by atoms with Gasteiger partial charge < -0.3 is 5.73 Å². The fraction of sp³-hybridized carbons (Fsp3) is 0.158. The van der Waals surface area contributed by atoms with Crippen molar-refractivity contribution in [3.8, 4) is 0 Å². The first-order valence-electron chi connectivity index (χ1n) is 7.12. The van der Waals surface area contributed by atoms with Gasteiger partial charge in [0.05, 0.1) is 0 Å². The topological polar surface area (TPSA) is 26.0 Å². The van der Waals surface area contributed by atoms with Crippen LogP contribution in [0.15, 0.2) is 72.8 Å². The molecule has 1 unspecified atom stereocenters. The zero-order valence-corrected chi connectivity index (χ0v) is 11.5. The summed E-state index contributed by atoms with van der Waals surface area (Å²) in [7, 11) is 0. The first kappa shape index (κ1) is 12.9. The molecule has 0 saturated carbocycles. The summed E-state index contributed by atoms with van der Waals surface area (Å²) in [6, 6.07) is 25.5. The number of rotatable bonds is 4. The molecule has 0 bridgehead atoms. The molecule has 0 fully saturated rings. The van der Waals surface area contributed by atoms with Gasteiger partial charge in [0, 0.05) is 6.04 Å². The molecule has 0 aliphatic rings. The SMILES string of the molecule is NC(CCc1ccccc1)c1cccc2ccccc12.